The minimum atomic E-state index is -3.90. The fourth-order valence-corrected chi connectivity index (χ4v) is 3.17. The number of rotatable bonds is 4. The number of aromatic carboxylic acids is 1. The van der Waals surface area contributed by atoms with Crippen molar-refractivity contribution in [2.75, 3.05) is 4.72 Å². The maximum absolute atomic E-state index is 12.3. The van der Waals surface area contributed by atoms with Gasteiger partial charge >= 0.3 is 5.97 Å². The summed E-state index contributed by atoms with van der Waals surface area (Å²) in [6, 6.07) is 10.00. The molecule has 0 amide bonds. The third-order valence-electron chi connectivity index (χ3n) is 2.76. The van der Waals surface area contributed by atoms with E-state index in [1.54, 1.807) is 18.2 Å². The van der Waals surface area contributed by atoms with Crippen LogP contribution < -0.4 is 4.72 Å². The Morgan fingerprint density at radius 3 is 2.52 bits per heavy atom. The molecule has 110 valence electrons. The van der Waals surface area contributed by atoms with Crippen LogP contribution in [0.5, 0.6) is 0 Å². The van der Waals surface area contributed by atoms with Gasteiger partial charge in [-0.2, -0.15) is 0 Å². The van der Waals surface area contributed by atoms with E-state index in [0.29, 0.717) is 0 Å². The highest BCUT2D eigenvalue weighted by molar-refractivity contribution is 7.92. The van der Waals surface area contributed by atoms with Gasteiger partial charge in [-0.05, 0) is 42.8 Å². The molecule has 0 heterocycles. The SMILES string of the molecule is Cc1ccc(NS(=O)(=O)c2cccc(C(=O)O)c2)c(Cl)c1. The van der Waals surface area contributed by atoms with Crippen LogP contribution in [0.2, 0.25) is 5.02 Å². The minimum Gasteiger partial charge on any atom is -0.478 e. The highest BCUT2D eigenvalue weighted by Gasteiger charge is 2.17. The third-order valence-corrected chi connectivity index (χ3v) is 4.44. The second-order valence-corrected chi connectivity index (χ2v) is 6.51. The molecule has 2 aromatic carbocycles. The van der Waals surface area contributed by atoms with E-state index in [4.69, 9.17) is 16.7 Å². The molecule has 0 atom stereocenters. The van der Waals surface area contributed by atoms with Gasteiger partial charge in [0.15, 0.2) is 0 Å². The number of carboxylic acids is 1. The molecule has 2 N–H and O–H groups in total. The fraction of sp³-hybridized carbons (Fsp3) is 0.0714. The second kappa shape index (κ2) is 5.75. The lowest BCUT2D eigenvalue weighted by molar-refractivity contribution is 0.0696. The number of carboxylic acid groups (broad SMARTS) is 1. The molecule has 0 aliphatic carbocycles. The van der Waals surface area contributed by atoms with E-state index in [1.165, 1.54) is 18.2 Å². The van der Waals surface area contributed by atoms with Crippen molar-refractivity contribution in [1.29, 1.82) is 0 Å². The fourth-order valence-electron chi connectivity index (χ4n) is 1.70. The van der Waals surface area contributed by atoms with Gasteiger partial charge in [0.05, 0.1) is 21.2 Å². The number of anilines is 1. The summed E-state index contributed by atoms with van der Waals surface area (Å²) in [4.78, 5) is 10.8. The molecular formula is C14H12ClNO4S. The molecule has 0 saturated heterocycles. The number of nitrogens with one attached hydrogen (secondary N) is 1. The first-order valence-electron chi connectivity index (χ1n) is 5.92. The topological polar surface area (TPSA) is 83.5 Å². The van der Waals surface area contributed by atoms with Crippen molar-refractivity contribution >= 4 is 33.3 Å². The molecule has 2 rings (SSSR count). The second-order valence-electron chi connectivity index (χ2n) is 4.42. The maximum atomic E-state index is 12.3. The molecule has 0 bridgehead atoms. The van der Waals surface area contributed by atoms with E-state index in [-0.39, 0.29) is 21.2 Å². The molecule has 0 unspecified atom stereocenters. The Bertz CT molecular complexity index is 802. The van der Waals surface area contributed by atoms with Crippen molar-refractivity contribution < 1.29 is 18.3 Å². The Hall–Kier alpha value is -2.05. The summed E-state index contributed by atoms with van der Waals surface area (Å²) in [5.74, 6) is -1.19. The van der Waals surface area contributed by atoms with Crippen molar-refractivity contribution in [2.24, 2.45) is 0 Å². The predicted octanol–water partition coefficient (Wildman–Crippen LogP) is 3.15. The Morgan fingerprint density at radius 2 is 1.90 bits per heavy atom. The number of benzene rings is 2. The number of hydrogen-bond donors (Lipinski definition) is 2. The minimum absolute atomic E-state index is 0.104. The highest BCUT2D eigenvalue weighted by Crippen LogP contribution is 2.25. The van der Waals surface area contributed by atoms with Crippen LogP contribution in [0.3, 0.4) is 0 Å². The Morgan fingerprint density at radius 1 is 1.19 bits per heavy atom. The number of sulfonamides is 1. The lowest BCUT2D eigenvalue weighted by Gasteiger charge is -2.10. The quantitative estimate of drug-likeness (QED) is 0.904. The molecule has 0 aliphatic heterocycles. The van der Waals surface area contributed by atoms with Crippen LogP contribution in [0.25, 0.3) is 0 Å². The van der Waals surface area contributed by atoms with E-state index in [2.05, 4.69) is 4.72 Å². The molecule has 0 fully saturated rings. The Kier molecular flexibility index (Phi) is 4.20. The smallest absolute Gasteiger partial charge is 0.335 e. The molecule has 0 saturated carbocycles. The summed E-state index contributed by atoms with van der Waals surface area (Å²) < 4.78 is 26.8. The normalized spacial score (nSPS) is 11.1. The Balaban J connectivity index is 2.38. The van der Waals surface area contributed by atoms with Gasteiger partial charge in [0.25, 0.3) is 10.0 Å². The van der Waals surface area contributed by atoms with Gasteiger partial charge in [-0.15, -0.1) is 0 Å². The van der Waals surface area contributed by atoms with Crippen molar-refractivity contribution in [3.8, 4) is 0 Å². The number of carbonyl (C=O) groups is 1. The number of halogens is 1. The van der Waals surface area contributed by atoms with Gasteiger partial charge in [0, 0.05) is 0 Å². The predicted molar refractivity (Wildman–Crippen MR) is 80.4 cm³/mol. The van der Waals surface area contributed by atoms with Crippen molar-refractivity contribution in [3.63, 3.8) is 0 Å². The maximum Gasteiger partial charge on any atom is 0.335 e. The summed E-state index contributed by atoms with van der Waals surface area (Å²) >= 11 is 5.98. The molecule has 2 aromatic rings. The molecule has 0 spiro atoms. The summed E-state index contributed by atoms with van der Waals surface area (Å²) in [5.41, 5.74) is 1.03. The van der Waals surface area contributed by atoms with Gasteiger partial charge in [-0.25, -0.2) is 13.2 Å². The summed E-state index contributed by atoms with van der Waals surface area (Å²) in [7, 11) is -3.90. The average Bonchev–Trinajstić information content (AvgIpc) is 2.42. The first-order chi connectivity index (χ1) is 9.79. The van der Waals surface area contributed by atoms with Crippen LogP contribution in [0.4, 0.5) is 5.69 Å². The lowest BCUT2D eigenvalue weighted by atomic mass is 10.2. The zero-order valence-corrected chi connectivity index (χ0v) is 12.6. The molecule has 0 radical (unpaired) electrons. The van der Waals surface area contributed by atoms with Crippen molar-refractivity contribution in [1.82, 2.24) is 0 Å². The molecule has 7 heteroatoms. The van der Waals surface area contributed by atoms with Gasteiger partial charge in [-0.1, -0.05) is 23.7 Å². The van der Waals surface area contributed by atoms with Crippen LogP contribution in [0.15, 0.2) is 47.4 Å². The lowest BCUT2D eigenvalue weighted by Crippen LogP contribution is -2.14. The van der Waals surface area contributed by atoms with Crippen molar-refractivity contribution in [2.45, 2.75) is 11.8 Å². The van der Waals surface area contributed by atoms with E-state index < -0.39 is 16.0 Å². The number of hydrogen-bond acceptors (Lipinski definition) is 3. The van der Waals surface area contributed by atoms with Gasteiger partial charge in [0.1, 0.15) is 0 Å². The van der Waals surface area contributed by atoms with Crippen LogP contribution >= 0.6 is 11.6 Å². The zero-order chi connectivity index (χ0) is 15.6. The highest BCUT2D eigenvalue weighted by atomic mass is 35.5. The largest absolute Gasteiger partial charge is 0.478 e. The van der Waals surface area contributed by atoms with E-state index in [9.17, 15) is 13.2 Å². The van der Waals surface area contributed by atoms with Gasteiger partial charge in [-0.3, -0.25) is 4.72 Å². The molecule has 0 aliphatic rings. The average molecular weight is 326 g/mol. The molecular weight excluding hydrogens is 314 g/mol. The monoisotopic (exact) mass is 325 g/mol. The van der Waals surface area contributed by atoms with Crippen LogP contribution in [0.1, 0.15) is 15.9 Å². The van der Waals surface area contributed by atoms with E-state index in [0.717, 1.165) is 11.6 Å². The molecule has 0 aromatic heterocycles. The molecule has 5 nitrogen and oxygen atoms in total. The van der Waals surface area contributed by atoms with Crippen LogP contribution in [-0.4, -0.2) is 19.5 Å². The van der Waals surface area contributed by atoms with E-state index in [1.807, 2.05) is 6.92 Å². The first-order valence-corrected chi connectivity index (χ1v) is 7.78. The van der Waals surface area contributed by atoms with Crippen LogP contribution in [-0.2, 0) is 10.0 Å². The summed E-state index contributed by atoms with van der Waals surface area (Å²) in [6.45, 7) is 1.83. The number of aryl methyl sites for hydroxylation is 1. The van der Waals surface area contributed by atoms with Crippen LogP contribution in [0, 0.1) is 6.92 Å². The zero-order valence-electron chi connectivity index (χ0n) is 11.0. The molecule has 21 heavy (non-hydrogen) atoms. The van der Waals surface area contributed by atoms with Crippen molar-refractivity contribution in [3.05, 3.63) is 58.6 Å². The van der Waals surface area contributed by atoms with Gasteiger partial charge in [0.2, 0.25) is 0 Å². The first kappa shape index (κ1) is 15.3. The van der Waals surface area contributed by atoms with E-state index >= 15 is 0 Å². The Labute approximate surface area is 127 Å². The van der Waals surface area contributed by atoms with Gasteiger partial charge < -0.3 is 5.11 Å². The standard InChI is InChI=1S/C14H12ClNO4S/c1-9-5-6-13(12(15)7-9)16-21(19,20)11-4-2-3-10(8-11)14(17)18/h2-8,16H,1H3,(H,17,18). The third kappa shape index (κ3) is 3.53. The summed E-state index contributed by atoms with van der Waals surface area (Å²) in [5, 5.41) is 9.17. The summed E-state index contributed by atoms with van der Waals surface area (Å²) in [6.07, 6.45) is 0.